The topological polar surface area (TPSA) is 113 Å². The zero-order chi connectivity index (χ0) is 21.2. The standard InChI is InChI=1S/C19H25N3O6S/c1-3-28-19(25)21-10-8-15(9-11-21)20-17(23)14-4-6-16(7-5-14)22-18(24)13(2)12-29(22,26)27/h4-7,13,15H,3,8-12H2,1-2H3,(H,20,23). The molecule has 0 saturated carbocycles. The summed E-state index contributed by atoms with van der Waals surface area (Å²) in [6.07, 6.45) is 0.913. The Morgan fingerprint density at radius 1 is 1.17 bits per heavy atom. The van der Waals surface area contributed by atoms with Crippen molar-refractivity contribution in [2.45, 2.75) is 32.7 Å². The Hall–Kier alpha value is -2.62. The molecule has 158 valence electrons. The fourth-order valence-corrected chi connectivity index (χ4v) is 5.35. The van der Waals surface area contributed by atoms with Gasteiger partial charge >= 0.3 is 6.09 Å². The first-order chi connectivity index (χ1) is 13.7. The Kier molecular flexibility index (Phi) is 6.11. The van der Waals surface area contributed by atoms with Gasteiger partial charge in [-0.05, 0) is 44.0 Å². The van der Waals surface area contributed by atoms with Gasteiger partial charge in [0.25, 0.3) is 5.91 Å². The van der Waals surface area contributed by atoms with Gasteiger partial charge in [-0.15, -0.1) is 0 Å². The molecule has 1 unspecified atom stereocenters. The van der Waals surface area contributed by atoms with Gasteiger partial charge in [-0.3, -0.25) is 9.59 Å². The van der Waals surface area contributed by atoms with Gasteiger partial charge in [0.1, 0.15) is 0 Å². The van der Waals surface area contributed by atoms with Gasteiger partial charge in [-0.1, -0.05) is 6.92 Å². The van der Waals surface area contributed by atoms with E-state index in [0.29, 0.717) is 38.1 Å². The van der Waals surface area contributed by atoms with E-state index in [0.717, 1.165) is 4.31 Å². The van der Waals surface area contributed by atoms with Gasteiger partial charge in [0.15, 0.2) is 0 Å². The van der Waals surface area contributed by atoms with Crippen LogP contribution in [0.4, 0.5) is 10.5 Å². The molecular formula is C19H25N3O6S. The number of likely N-dealkylation sites (tertiary alicyclic amines) is 1. The second kappa shape index (κ2) is 8.40. The Labute approximate surface area is 170 Å². The number of ether oxygens (including phenoxy) is 1. The summed E-state index contributed by atoms with van der Waals surface area (Å²) < 4.78 is 30.1. The maximum Gasteiger partial charge on any atom is 0.409 e. The third-order valence-electron chi connectivity index (χ3n) is 5.08. The van der Waals surface area contributed by atoms with Crippen molar-refractivity contribution in [1.29, 1.82) is 0 Å². The minimum atomic E-state index is -3.67. The van der Waals surface area contributed by atoms with Crippen molar-refractivity contribution in [2.24, 2.45) is 5.92 Å². The summed E-state index contributed by atoms with van der Waals surface area (Å²) in [6.45, 7) is 4.68. The molecule has 1 aromatic carbocycles. The molecule has 2 aliphatic heterocycles. The highest BCUT2D eigenvalue weighted by Gasteiger charge is 2.41. The number of nitrogens with zero attached hydrogens (tertiary/aromatic N) is 2. The van der Waals surface area contributed by atoms with E-state index in [1.807, 2.05) is 0 Å². The summed E-state index contributed by atoms with van der Waals surface area (Å²) in [5, 5.41) is 2.93. The fourth-order valence-electron chi connectivity index (χ4n) is 3.52. The van der Waals surface area contributed by atoms with Crippen molar-refractivity contribution in [3.8, 4) is 0 Å². The molecule has 0 spiro atoms. The number of carbonyl (C=O) groups excluding carboxylic acids is 3. The maximum absolute atomic E-state index is 12.5. The number of piperidine rings is 1. The largest absolute Gasteiger partial charge is 0.450 e. The van der Waals surface area contributed by atoms with E-state index in [1.54, 1.807) is 18.7 Å². The summed E-state index contributed by atoms with van der Waals surface area (Å²) in [7, 11) is -3.67. The first kappa shape index (κ1) is 21.1. The van der Waals surface area contributed by atoms with Crippen LogP contribution in [0.1, 0.15) is 37.0 Å². The number of carbonyl (C=O) groups is 3. The van der Waals surface area contributed by atoms with Gasteiger partial charge in [0, 0.05) is 24.7 Å². The molecule has 1 N–H and O–H groups in total. The average Bonchev–Trinajstić information content (AvgIpc) is 2.89. The molecule has 0 radical (unpaired) electrons. The summed E-state index contributed by atoms with van der Waals surface area (Å²) in [4.78, 5) is 38.0. The smallest absolute Gasteiger partial charge is 0.409 e. The van der Waals surface area contributed by atoms with Gasteiger partial charge in [-0.25, -0.2) is 17.5 Å². The van der Waals surface area contributed by atoms with Crippen molar-refractivity contribution < 1.29 is 27.5 Å². The molecule has 1 aromatic rings. The molecule has 2 heterocycles. The normalized spacial score (nSPS) is 21.9. The Balaban J connectivity index is 1.59. The summed E-state index contributed by atoms with van der Waals surface area (Å²) in [5.74, 6) is -1.53. The van der Waals surface area contributed by atoms with E-state index >= 15 is 0 Å². The minimum absolute atomic E-state index is 0.0609. The molecule has 10 heteroatoms. The number of benzene rings is 1. The van der Waals surface area contributed by atoms with E-state index in [-0.39, 0.29) is 29.5 Å². The van der Waals surface area contributed by atoms with E-state index < -0.39 is 21.8 Å². The fraction of sp³-hybridized carbons (Fsp3) is 0.526. The Morgan fingerprint density at radius 2 is 1.79 bits per heavy atom. The van der Waals surface area contributed by atoms with Crippen LogP contribution < -0.4 is 9.62 Å². The molecule has 0 aliphatic carbocycles. The number of amides is 3. The Morgan fingerprint density at radius 3 is 2.31 bits per heavy atom. The zero-order valence-corrected chi connectivity index (χ0v) is 17.3. The van der Waals surface area contributed by atoms with Crippen molar-refractivity contribution in [1.82, 2.24) is 10.2 Å². The van der Waals surface area contributed by atoms with Gasteiger partial charge in [-0.2, -0.15) is 0 Å². The number of anilines is 1. The average molecular weight is 423 g/mol. The highest BCUT2D eigenvalue weighted by atomic mass is 32.2. The molecule has 9 nitrogen and oxygen atoms in total. The highest BCUT2D eigenvalue weighted by Crippen LogP contribution is 2.28. The molecule has 29 heavy (non-hydrogen) atoms. The first-order valence-electron chi connectivity index (χ1n) is 9.62. The van der Waals surface area contributed by atoms with Crippen LogP contribution in [0.25, 0.3) is 0 Å². The lowest BCUT2D eigenvalue weighted by atomic mass is 10.0. The van der Waals surface area contributed by atoms with Gasteiger partial charge < -0.3 is 15.0 Å². The van der Waals surface area contributed by atoms with Gasteiger partial charge in [0.2, 0.25) is 15.9 Å². The van der Waals surface area contributed by atoms with Crippen LogP contribution in [0.2, 0.25) is 0 Å². The third-order valence-corrected chi connectivity index (χ3v) is 6.95. The second-order valence-corrected chi connectivity index (χ2v) is 9.13. The lowest BCUT2D eigenvalue weighted by Gasteiger charge is -2.31. The molecule has 2 saturated heterocycles. The van der Waals surface area contributed by atoms with Crippen molar-refractivity contribution >= 4 is 33.6 Å². The first-order valence-corrected chi connectivity index (χ1v) is 11.2. The zero-order valence-electron chi connectivity index (χ0n) is 16.5. The highest BCUT2D eigenvalue weighted by molar-refractivity contribution is 7.94. The molecule has 3 amide bonds. The van der Waals surface area contributed by atoms with Crippen molar-refractivity contribution in [3.05, 3.63) is 29.8 Å². The molecule has 2 aliphatic rings. The van der Waals surface area contributed by atoms with Crippen LogP contribution in [0.5, 0.6) is 0 Å². The number of rotatable bonds is 4. The SMILES string of the molecule is CCOC(=O)N1CCC(NC(=O)c2ccc(N3C(=O)C(C)CS3(=O)=O)cc2)CC1. The summed E-state index contributed by atoms with van der Waals surface area (Å²) >= 11 is 0. The van der Waals surface area contributed by atoms with Crippen LogP contribution in [-0.2, 0) is 19.6 Å². The minimum Gasteiger partial charge on any atom is -0.450 e. The summed E-state index contributed by atoms with van der Waals surface area (Å²) in [6, 6.07) is 5.88. The van der Waals surface area contributed by atoms with E-state index in [9.17, 15) is 22.8 Å². The molecule has 2 fully saturated rings. The molecule has 0 bridgehead atoms. The quantitative estimate of drug-likeness (QED) is 0.782. The van der Waals surface area contributed by atoms with E-state index in [1.165, 1.54) is 24.3 Å². The lowest BCUT2D eigenvalue weighted by molar-refractivity contribution is -0.119. The second-order valence-electron chi connectivity index (χ2n) is 7.26. The number of sulfonamides is 1. The Bertz CT molecular complexity index is 891. The number of hydrogen-bond acceptors (Lipinski definition) is 6. The van der Waals surface area contributed by atoms with Crippen molar-refractivity contribution in [2.75, 3.05) is 29.8 Å². The van der Waals surface area contributed by atoms with Crippen LogP contribution >= 0.6 is 0 Å². The van der Waals surface area contributed by atoms with Crippen LogP contribution in [0.3, 0.4) is 0 Å². The molecule has 1 atom stereocenters. The monoisotopic (exact) mass is 423 g/mol. The molecule has 3 rings (SSSR count). The predicted molar refractivity (Wildman–Crippen MR) is 106 cm³/mol. The molecule has 0 aromatic heterocycles. The predicted octanol–water partition coefficient (Wildman–Crippen LogP) is 1.35. The van der Waals surface area contributed by atoms with Crippen molar-refractivity contribution in [3.63, 3.8) is 0 Å². The van der Waals surface area contributed by atoms with E-state index in [4.69, 9.17) is 4.74 Å². The summed E-state index contributed by atoms with van der Waals surface area (Å²) in [5.41, 5.74) is 0.609. The van der Waals surface area contributed by atoms with Crippen LogP contribution in [0, 0.1) is 5.92 Å². The number of nitrogens with one attached hydrogen (secondary N) is 1. The van der Waals surface area contributed by atoms with Gasteiger partial charge in [0.05, 0.1) is 24.0 Å². The molecular weight excluding hydrogens is 398 g/mol. The third kappa shape index (κ3) is 4.52. The maximum atomic E-state index is 12.5. The van der Waals surface area contributed by atoms with Crippen LogP contribution in [-0.4, -0.2) is 62.7 Å². The van der Waals surface area contributed by atoms with E-state index in [2.05, 4.69) is 5.32 Å². The lowest BCUT2D eigenvalue weighted by Crippen LogP contribution is -2.46. The number of hydrogen-bond donors (Lipinski definition) is 1. The van der Waals surface area contributed by atoms with Crippen LogP contribution in [0.15, 0.2) is 24.3 Å².